The smallest absolute Gasteiger partial charge is 0.0462 e. The average Bonchev–Trinajstić information content (AvgIpc) is 2.72. The van der Waals surface area contributed by atoms with Crippen molar-refractivity contribution in [3.8, 4) is 0 Å². The van der Waals surface area contributed by atoms with Gasteiger partial charge in [0.2, 0.25) is 0 Å². The van der Waals surface area contributed by atoms with Crippen molar-refractivity contribution in [3.63, 3.8) is 0 Å². The van der Waals surface area contributed by atoms with Crippen LogP contribution >= 0.6 is 27.5 Å². The van der Waals surface area contributed by atoms with Crippen LogP contribution in [0.1, 0.15) is 24.8 Å². The van der Waals surface area contributed by atoms with Crippen LogP contribution in [0.3, 0.4) is 0 Å². The van der Waals surface area contributed by atoms with Crippen LogP contribution < -0.4 is 0 Å². The second-order valence-electron chi connectivity index (χ2n) is 5.66. The first-order valence-electron chi connectivity index (χ1n) is 7.13. The maximum absolute atomic E-state index is 6.33. The zero-order valence-electron chi connectivity index (χ0n) is 11.1. The van der Waals surface area contributed by atoms with E-state index >= 15 is 0 Å². The zero-order valence-corrected chi connectivity index (χ0v) is 13.5. The SMILES string of the molecule is Clc1cc(Br)ccc1CN1CCCN2CCCC2C1. The van der Waals surface area contributed by atoms with E-state index in [1.165, 1.54) is 51.0 Å². The van der Waals surface area contributed by atoms with Gasteiger partial charge in [0.05, 0.1) is 0 Å². The first-order valence-corrected chi connectivity index (χ1v) is 8.30. The molecule has 0 radical (unpaired) electrons. The summed E-state index contributed by atoms with van der Waals surface area (Å²) in [7, 11) is 0. The van der Waals surface area contributed by atoms with Crippen molar-refractivity contribution in [2.75, 3.05) is 26.2 Å². The summed E-state index contributed by atoms with van der Waals surface area (Å²) in [6.07, 6.45) is 4.02. The summed E-state index contributed by atoms with van der Waals surface area (Å²) >= 11 is 9.80. The lowest BCUT2D eigenvalue weighted by Crippen LogP contribution is -2.36. The number of hydrogen-bond donors (Lipinski definition) is 0. The minimum absolute atomic E-state index is 0.775. The first-order chi connectivity index (χ1) is 9.22. The Morgan fingerprint density at radius 1 is 1.21 bits per heavy atom. The van der Waals surface area contributed by atoms with E-state index in [0.717, 1.165) is 22.1 Å². The molecule has 0 amide bonds. The summed E-state index contributed by atoms with van der Waals surface area (Å²) in [6.45, 7) is 5.95. The van der Waals surface area contributed by atoms with Gasteiger partial charge in [-0.25, -0.2) is 0 Å². The van der Waals surface area contributed by atoms with Crippen molar-refractivity contribution >= 4 is 27.5 Å². The predicted octanol–water partition coefficient (Wildman–Crippen LogP) is 3.77. The number of benzene rings is 1. The third-order valence-corrected chi connectivity index (χ3v) is 5.14. The molecule has 104 valence electrons. The molecule has 0 saturated carbocycles. The highest BCUT2D eigenvalue weighted by molar-refractivity contribution is 9.10. The van der Waals surface area contributed by atoms with E-state index in [1.807, 2.05) is 6.07 Å². The number of fused-ring (bicyclic) bond motifs is 1. The molecule has 19 heavy (non-hydrogen) atoms. The lowest BCUT2D eigenvalue weighted by molar-refractivity contribution is 0.215. The highest BCUT2D eigenvalue weighted by atomic mass is 79.9. The largest absolute Gasteiger partial charge is 0.299 e. The van der Waals surface area contributed by atoms with E-state index in [1.54, 1.807) is 0 Å². The van der Waals surface area contributed by atoms with E-state index in [-0.39, 0.29) is 0 Å². The highest BCUT2D eigenvalue weighted by Gasteiger charge is 2.28. The van der Waals surface area contributed by atoms with Gasteiger partial charge >= 0.3 is 0 Å². The highest BCUT2D eigenvalue weighted by Crippen LogP contribution is 2.25. The Labute approximate surface area is 128 Å². The van der Waals surface area contributed by atoms with Crippen LogP contribution in [0.4, 0.5) is 0 Å². The standard InChI is InChI=1S/C15H20BrClN2/c16-13-5-4-12(15(17)9-13)10-18-6-2-8-19-7-1-3-14(19)11-18/h4-5,9,14H,1-3,6-8,10-11H2. The van der Waals surface area contributed by atoms with Crippen LogP contribution in [-0.2, 0) is 6.54 Å². The lowest BCUT2D eigenvalue weighted by atomic mass is 10.1. The monoisotopic (exact) mass is 342 g/mol. The Morgan fingerprint density at radius 2 is 2.05 bits per heavy atom. The summed E-state index contributed by atoms with van der Waals surface area (Å²) < 4.78 is 1.05. The van der Waals surface area contributed by atoms with Gasteiger partial charge in [0, 0.05) is 28.6 Å². The topological polar surface area (TPSA) is 6.48 Å². The van der Waals surface area contributed by atoms with Gasteiger partial charge in [0.15, 0.2) is 0 Å². The van der Waals surface area contributed by atoms with Crippen LogP contribution in [0.5, 0.6) is 0 Å². The van der Waals surface area contributed by atoms with Crippen molar-refractivity contribution in [1.82, 2.24) is 9.80 Å². The number of hydrogen-bond acceptors (Lipinski definition) is 2. The third-order valence-electron chi connectivity index (χ3n) is 4.30. The molecular weight excluding hydrogens is 324 g/mol. The fraction of sp³-hybridized carbons (Fsp3) is 0.600. The van der Waals surface area contributed by atoms with E-state index in [2.05, 4.69) is 37.9 Å². The fourth-order valence-corrected chi connectivity index (χ4v) is 4.05. The maximum atomic E-state index is 6.33. The molecular formula is C15H20BrClN2. The molecule has 0 aromatic heterocycles. The third kappa shape index (κ3) is 3.33. The second-order valence-corrected chi connectivity index (χ2v) is 6.98. The van der Waals surface area contributed by atoms with Crippen LogP contribution in [0.25, 0.3) is 0 Å². The quantitative estimate of drug-likeness (QED) is 0.806. The van der Waals surface area contributed by atoms with Gasteiger partial charge in [-0.05, 0) is 56.6 Å². The molecule has 3 rings (SSSR count). The van der Waals surface area contributed by atoms with Crippen LogP contribution in [0.15, 0.2) is 22.7 Å². The molecule has 2 saturated heterocycles. The van der Waals surface area contributed by atoms with Gasteiger partial charge in [0.1, 0.15) is 0 Å². The first kappa shape index (κ1) is 13.9. The molecule has 1 aromatic rings. The van der Waals surface area contributed by atoms with Crippen LogP contribution in [0, 0.1) is 0 Å². The molecule has 0 aliphatic carbocycles. The fourth-order valence-electron chi connectivity index (χ4n) is 3.32. The second kappa shape index (κ2) is 6.13. The summed E-state index contributed by atoms with van der Waals surface area (Å²) in [6, 6.07) is 7.00. The van der Waals surface area contributed by atoms with E-state index in [4.69, 9.17) is 11.6 Å². The summed E-state index contributed by atoms with van der Waals surface area (Å²) in [5.74, 6) is 0. The molecule has 2 aliphatic rings. The molecule has 1 atom stereocenters. The molecule has 2 nitrogen and oxygen atoms in total. The summed E-state index contributed by atoms with van der Waals surface area (Å²) in [4.78, 5) is 5.24. The van der Waals surface area contributed by atoms with Gasteiger partial charge in [0.25, 0.3) is 0 Å². The average molecular weight is 344 g/mol. The molecule has 4 heteroatoms. The van der Waals surface area contributed by atoms with E-state index in [9.17, 15) is 0 Å². The lowest BCUT2D eigenvalue weighted by Gasteiger charge is -2.25. The van der Waals surface area contributed by atoms with Gasteiger partial charge < -0.3 is 0 Å². The Hall–Kier alpha value is -0.0900. The van der Waals surface area contributed by atoms with Crippen LogP contribution in [-0.4, -0.2) is 42.0 Å². The van der Waals surface area contributed by atoms with Gasteiger partial charge in [-0.15, -0.1) is 0 Å². The van der Waals surface area contributed by atoms with Gasteiger partial charge in [-0.3, -0.25) is 9.80 Å². The molecule has 2 fully saturated rings. The zero-order chi connectivity index (χ0) is 13.2. The van der Waals surface area contributed by atoms with Crippen molar-refractivity contribution in [2.24, 2.45) is 0 Å². The number of halogens is 2. The normalized spacial score (nSPS) is 25.3. The van der Waals surface area contributed by atoms with Crippen molar-refractivity contribution in [3.05, 3.63) is 33.3 Å². The maximum Gasteiger partial charge on any atom is 0.0462 e. The molecule has 0 spiro atoms. The van der Waals surface area contributed by atoms with Gasteiger partial charge in [-0.2, -0.15) is 0 Å². The molecule has 2 heterocycles. The Balaban J connectivity index is 1.68. The summed E-state index contributed by atoms with van der Waals surface area (Å²) in [5, 5.41) is 0.877. The number of nitrogens with zero attached hydrogens (tertiary/aromatic N) is 2. The molecule has 1 unspecified atom stereocenters. The summed E-state index contributed by atoms with van der Waals surface area (Å²) in [5.41, 5.74) is 1.25. The van der Waals surface area contributed by atoms with Crippen molar-refractivity contribution in [1.29, 1.82) is 0 Å². The number of rotatable bonds is 2. The molecule has 1 aromatic carbocycles. The predicted molar refractivity (Wildman–Crippen MR) is 83.6 cm³/mol. The Morgan fingerprint density at radius 3 is 2.89 bits per heavy atom. The molecule has 0 N–H and O–H groups in total. The Kier molecular flexibility index (Phi) is 4.47. The molecule has 0 bridgehead atoms. The van der Waals surface area contributed by atoms with E-state index in [0.29, 0.717) is 0 Å². The minimum atomic E-state index is 0.775. The van der Waals surface area contributed by atoms with Gasteiger partial charge in [-0.1, -0.05) is 33.6 Å². The molecule has 2 aliphatic heterocycles. The Bertz CT molecular complexity index is 452. The minimum Gasteiger partial charge on any atom is -0.299 e. The van der Waals surface area contributed by atoms with E-state index < -0.39 is 0 Å². The van der Waals surface area contributed by atoms with Crippen molar-refractivity contribution < 1.29 is 0 Å². The van der Waals surface area contributed by atoms with Crippen molar-refractivity contribution in [2.45, 2.75) is 31.8 Å². The van der Waals surface area contributed by atoms with Crippen LogP contribution in [0.2, 0.25) is 5.02 Å².